The van der Waals surface area contributed by atoms with Gasteiger partial charge in [0.1, 0.15) is 0 Å². The van der Waals surface area contributed by atoms with Gasteiger partial charge in [0, 0.05) is 33.2 Å². The summed E-state index contributed by atoms with van der Waals surface area (Å²) in [5.41, 5.74) is 11.4. The number of hydrogen-bond donors (Lipinski definition) is 0. The van der Waals surface area contributed by atoms with Gasteiger partial charge in [0.15, 0.2) is 17.5 Å². The van der Waals surface area contributed by atoms with Crippen LogP contribution in [0.15, 0.2) is 146 Å². The Morgan fingerprint density at radius 3 is 1.27 bits per heavy atom. The van der Waals surface area contributed by atoms with Gasteiger partial charge in [-0.3, -0.25) is 0 Å². The van der Waals surface area contributed by atoms with E-state index in [2.05, 4.69) is 131 Å². The highest BCUT2D eigenvalue weighted by Gasteiger charge is 2.21. The molecule has 4 heteroatoms. The summed E-state index contributed by atoms with van der Waals surface area (Å²) >= 11 is 0. The fourth-order valence-corrected chi connectivity index (χ4v) is 6.83. The van der Waals surface area contributed by atoms with Gasteiger partial charge in [-0.05, 0) is 75.5 Å². The molecule has 0 atom stereocenters. The lowest BCUT2D eigenvalue weighted by Crippen LogP contribution is -2.10. The molecule has 8 aromatic rings. The van der Waals surface area contributed by atoms with E-state index in [1.165, 1.54) is 32.9 Å². The van der Waals surface area contributed by atoms with Crippen molar-refractivity contribution in [2.75, 3.05) is 0 Å². The Morgan fingerprint density at radius 1 is 0.373 bits per heavy atom. The van der Waals surface area contributed by atoms with Crippen molar-refractivity contribution in [1.82, 2.24) is 19.5 Å². The van der Waals surface area contributed by atoms with Gasteiger partial charge < -0.3 is 4.57 Å². The molecule has 0 unspecified atom stereocenters. The van der Waals surface area contributed by atoms with Crippen LogP contribution in [0.3, 0.4) is 0 Å². The van der Waals surface area contributed by atoms with Crippen LogP contribution < -0.4 is 0 Å². The molecule has 0 radical (unpaired) electrons. The van der Waals surface area contributed by atoms with Crippen molar-refractivity contribution in [3.63, 3.8) is 0 Å². The monoisotopic (exact) mass is 662 g/mol. The van der Waals surface area contributed by atoms with Gasteiger partial charge in [0.25, 0.3) is 0 Å². The number of nitrogens with zero attached hydrogens (tertiary/aromatic N) is 4. The van der Waals surface area contributed by atoms with E-state index in [9.17, 15) is 0 Å². The van der Waals surface area contributed by atoms with Gasteiger partial charge in [-0.1, -0.05) is 145 Å². The SMILES string of the molecule is CC(C)(C)c1ccc2c(c1)c1cc(C(C)(C)C)ccc1n2-c1cccc(-c2cccc(-c3nc(-c4ccccc4)nc(-c4ccccc4)n3)c2)c1. The molecule has 0 amide bonds. The van der Waals surface area contributed by atoms with Crippen molar-refractivity contribution in [2.45, 2.75) is 52.4 Å². The van der Waals surface area contributed by atoms with Crippen molar-refractivity contribution in [2.24, 2.45) is 0 Å². The average Bonchev–Trinajstić information content (AvgIpc) is 3.48. The first-order chi connectivity index (χ1) is 24.5. The van der Waals surface area contributed by atoms with Gasteiger partial charge in [-0.2, -0.15) is 0 Å². The van der Waals surface area contributed by atoms with Crippen LogP contribution in [0.5, 0.6) is 0 Å². The van der Waals surface area contributed by atoms with Crippen LogP contribution >= 0.6 is 0 Å². The first kappa shape index (κ1) is 32.3. The molecule has 51 heavy (non-hydrogen) atoms. The molecule has 0 saturated carbocycles. The van der Waals surface area contributed by atoms with Crippen LogP contribution in [0, 0.1) is 0 Å². The topological polar surface area (TPSA) is 43.6 Å². The number of hydrogen-bond acceptors (Lipinski definition) is 3. The van der Waals surface area contributed by atoms with Gasteiger partial charge in [-0.15, -0.1) is 0 Å². The second kappa shape index (κ2) is 12.5. The highest BCUT2D eigenvalue weighted by Crippen LogP contribution is 2.38. The molecule has 6 aromatic carbocycles. The molecule has 0 N–H and O–H groups in total. The predicted molar refractivity (Wildman–Crippen MR) is 213 cm³/mol. The van der Waals surface area contributed by atoms with E-state index in [-0.39, 0.29) is 10.8 Å². The summed E-state index contributed by atoms with van der Waals surface area (Å²) in [5, 5.41) is 2.57. The zero-order chi connectivity index (χ0) is 35.3. The fourth-order valence-electron chi connectivity index (χ4n) is 6.83. The van der Waals surface area contributed by atoms with E-state index in [4.69, 9.17) is 15.0 Å². The molecule has 8 rings (SSSR count). The first-order valence-corrected chi connectivity index (χ1v) is 17.7. The lowest BCUT2D eigenvalue weighted by atomic mass is 9.85. The Balaban J connectivity index is 1.26. The second-order valence-electron chi connectivity index (χ2n) is 15.5. The maximum Gasteiger partial charge on any atom is 0.164 e. The molecular formula is C47H42N4. The van der Waals surface area contributed by atoms with E-state index in [0.29, 0.717) is 17.5 Å². The average molecular weight is 663 g/mol. The summed E-state index contributed by atoms with van der Waals surface area (Å²) in [6.45, 7) is 13.7. The molecule has 0 aliphatic rings. The molecule has 2 aromatic heterocycles. The lowest BCUT2D eigenvalue weighted by molar-refractivity contribution is 0.590. The molecule has 0 aliphatic carbocycles. The summed E-state index contributed by atoms with van der Waals surface area (Å²) in [5.74, 6) is 1.96. The molecule has 4 nitrogen and oxygen atoms in total. The number of fused-ring (bicyclic) bond motifs is 3. The van der Waals surface area contributed by atoms with E-state index in [0.717, 1.165) is 33.5 Å². The summed E-state index contributed by atoms with van der Waals surface area (Å²) in [4.78, 5) is 14.8. The Morgan fingerprint density at radius 2 is 0.784 bits per heavy atom. The van der Waals surface area contributed by atoms with E-state index in [1.54, 1.807) is 0 Å². The van der Waals surface area contributed by atoms with Crippen LogP contribution in [0.2, 0.25) is 0 Å². The summed E-state index contributed by atoms with van der Waals surface area (Å²) in [6.07, 6.45) is 0. The molecule has 0 saturated heterocycles. The Bertz CT molecular complexity index is 2400. The van der Waals surface area contributed by atoms with Crippen LogP contribution in [-0.4, -0.2) is 19.5 Å². The van der Waals surface area contributed by atoms with E-state index >= 15 is 0 Å². The minimum absolute atomic E-state index is 0.0530. The van der Waals surface area contributed by atoms with Crippen LogP contribution in [0.25, 0.3) is 72.8 Å². The Labute approximate surface area is 300 Å². The molecular weight excluding hydrogens is 621 g/mol. The van der Waals surface area contributed by atoms with Gasteiger partial charge in [0.05, 0.1) is 11.0 Å². The minimum Gasteiger partial charge on any atom is -0.309 e. The summed E-state index contributed by atoms with van der Waals surface area (Å²) in [7, 11) is 0. The summed E-state index contributed by atoms with van der Waals surface area (Å²) in [6, 6.07) is 51.6. The third kappa shape index (κ3) is 6.23. The van der Waals surface area contributed by atoms with Crippen molar-refractivity contribution in [3.05, 3.63) is 157 Å². The maximum atomic E-state index is 4.98. The highest BCUT2D eigenvalue weighted by molar-refractivity contribution is 6.10. The molecule has 0 aliphatic heterocycles. The lowest BCUT2D eigenvalue weighted by Gasteiger charge is -2.19. The second-order valence-corrected chi connectivity index (χ2v) is 15.5. The molecule has 0 fully saturated rings. The predicted octanol–water partition coefficient (Wildman–Crippen LogP) is 12.2. The third-order valence-electron chi connectivity index (χ3n) is 9.75. The van der Waals surface area contributed by atoms with Crippen molar-refractivity contribution in [1.29, 1.82) is 0 Å². The normalized spacial score (nSPS) is 12.1. The van der Waals surface area contributed by atoms with E-state index in [1.807, 2.05) is 60.7 Å². The molecule has 0 bridgehead atoms. The quantitative estimate of drug-likeness (QED) is 0.184. The van der Waals surface area contributed by atoms with Gasteiger partial charge in [0.2, 0.25) is 0 Å². The van der Waals surface area contributed by atoms with Crippen LogP contribution in [0.4, 0.5) is 0 Å². The van der Waals surface area contributed by atoms with Gasteiger partial charge >= 0.3 is 0 Å². The summed E-state index contributed by atoms with van der Waals surface area (Å²) < 4.78 is 2.42. The number of aromatic nitrogens is 4. The van der Waals surface area contributed by atoms with Gasteiger partial charge in [-0.25, -0.2) is 15.0 Å². The Hall–Kier alpha value is -5.87. The van der Waals surface area contributed by atoms with Crippen molar-refractivity contribution >= 4 is 21.8 Å². The molecule has 250 valence electrons. The standard InChI is InChI=1S/C47H42N4/c1-46(2,3)36-23-25-41-39(29-36)40-30-37(47(4,5)6)24-26-42(40)51(41)38-22-14-20-34(28-38)33-19-13-21-35(27-33)45-49-43(31-15-9-7-10-16-31)48-44(50-45)32-17-11-8-12-18-32/h7-30H,1-6H3. The van der Waals surface area contributed by atoms with Crippen molar-refractivity contribution < 1.29 is 0 Å². The molecule has 2 heterocycles. The Kier molecular flexibility index (Phi) is 7.91. The maximum absolute atomic E-state index is 4.98. The van der Waals surface area contributed by atoms with Crippen LogP contribution in [-0.2, 0) is 10.8 Å². The fraction of sp³-hybridized carbons (Fsp3) is 0.170. The third-order valence-corrected chi connectivity index (χ3v) is 9.75. The minimum atomic E-state index is 0.0530. The van der Waals surface area contributed by atoms with Crippen molar-refractivity contribution in [3.8, 4) is 51.0 Å². The first-order valence-electron chi connectivity index (χ1n) is 17.7. The number of benzene rings is 6. The zero-order valence-electron chi connectivity index (χ0n) is 30.1. The zero-order valence-corrected chi connectivity index (χ0v) is 30.1. The smallest absolute Gasteiger partial charge is 0.164 e. The van der Waals surface area contributed by atoms with E-state index < -0.39 is 0 Å². The number of rotatable bonds is 5. The largest absolute Gasteiger partial charge is 0.309 e. The van der Waals surface area contributed by atoms with Crippen LogP contribution in [0.1, 0.15) is 52.7 Å². The molecule has 0 spiro atoms. The highest BCUT2D eigenvalue weighted by atomic mass is 15.0.